The van der Waals surface area contributed by atoms with Gasteiger partial charge in [0.25, 0.3) is 0 Å². The second-order valence-corrected chi connectivity index (χ2v) is 4.06. The fourth-order valence-corrected chi connectivity index (χ4v) is 1.56. The average Bonchev–Trinajstić information content (AvgIpc) is 2.84. The molecular formula is C11H13F2N. The highest BCUT2D eigenvalue weighted by molar-refractivity contribution is 5.21. The van der Waals surface area contributed by atoms with Crippen molar-refractivity contribution in [1.82, 2.24) is 0 Å². The van der Waals surface area contributed by atoms with Crippen molar-refractivity contribution in [3.8, 4) is 0 Å². The van der Waals surface area contributed by atoms with E-state index in [1.165, 1.54) is 12.1 Å². The van der Waals surface area contributed by atoms with Crippen LogP contribution in [0.15, 0.2) is 24.3 Å². The Morgan fingerprint density at radius 2 is 2.00 bits per heavy atom. The van der Waals surface area contributed by atoms with E-state index in [4.69, 9.17) is 5.73 Å². The maximum absolute atomic E-state index is 13.6. The highest BCUT2D eigenvalue weighted by atomic mass is 19.1. The topological polar surface area (TPSA) is 26.0 Å². The van der Waals surface area contributed by atoms with Crippen LogP contribution in [-0.4, -0.2) is 5.54 Å². The second-order valence-electron chi connectivity index (χ2n) is 4.06. The monoisotopic (exact) mass is 197 g/mol. The molecule has 1 aliphatic rings. The van der Waals surface area contributed by atoms with E-state index in [2.05, 4.69) is 0 Å². The van der Waals surface area contributed by atoms with E-state index in [1.54, 1.807) is 12.1 Å². The van der Waals surface area contributed by atoms with Gasteiger partial charge in [0.15, 0.2) is 0 Å². The van der Waals surface area contributed by atoms with Gasteiger partial charge in [-0.15, -0.1) is 0 Å². The number of rotatable bonds is 3. The Kier molecular flexibility index (Phi) is 2.27. The van der Waals surface area contributed by atoms with Crippen LogP contribution in [0.25, 0.3) is 0 Å². The summed E-state index contributed by atoms with van der Waals surface area (Å²) in [5.74, 6) is -0.482. The largest absolute Gasteiger partial charge is 0.325 e. The molecule has 2 N–H and O–H groups in total. The molecule has 0 spiro atoms. The number of hydrogen-bond acceptors (Lipinski definition) is 1. The summed E-state index contributed by atoms with van der Waals surface area (Å²) in [7, 11) is 0. The molecule has 1 saturated carbocycles. The van der Waals surface area contributed by atoms with Crippen molar-refractivity contribution >= 4 is 0 Å². The first-order valence-electron chi connectivity index (χ1n) is 4.78. The fourth-order valence-electron chi connectivity index (χ4n) is 1.56. The maximum atomic E-state index is 13.6. The van der Waals surface area contributed by atoms with Gasteiger partial charge in [-0.05, 0) is 18.9 Å². The number of nitrogens with two attached hydrogens (primary N) is 1. The number of hydrogen-bond donors (Lipinski definition) is 1. The third kappa shape index (κ3) is 1.93. The van der Waals surface area contributed by atoms with Crippen molar-refractivity contribution in [1.29, 1.82) is 0 Å². The highest BCUT2D eigenvalue weighted by Gasteiger charge is 2.40. The molecule has 1 unspecified atom stereocenters. The molecule has 3 heteroatoms. The first kappa shape index (κ1) is 9.59. The molecule has 1 fully saturated rings. The summed E-state index contributed by atoms with van der Waals surface area (Å²) in [6, 6.07) is 5.95. The highest BCUT2D eigenvalue weighted by Crippen LogP contribution is 2.41. The van der Waals surface area contributed by atoms with Gasteiger partial charge in [0, 0.05) is 17.5 Å². The van der Waals surface area contributed by atoms with Gasteiger partial charge in [-0.25, -0.2) is 8.78 Å². The molecule has 0 bridgehead atoms. The van der Waals surface area contributed by atoms with Crippen molar-refractivity contribution in [2.24, 2.45) is 5.73 Å². The normalized spacial score (nSPS) is 20.5. The lowest BCUT2D eigenvalue weighted by atomic mass is 10.0. The summed E-state index contributed by atoms with van der Waals surface area (Å²) < 4.78 is 26.8. The van der Waals surface area contributed by atoms with E-state index in [1.807, 2.05) is 0 Å². The lowest BCUT2D eigenvalue weighted by molar-refractivity contribution is 0.287. The molecule has 2 rings (SSSR count). The van der Waals surface area contributed by atoms with E-state index in [-0.39, 0.29) is 17.5 Å². The molecule has 1 aliphatic carbocycles. The quantitative estimate of drug-likeness (QED) is 0.792. The van der Waals surface area contributed by atoms with Crippen LogP contribution in [0.5, 0.6) is 0 Å². The van der Waals surface area contributed by atoms with E-state index in [9.17, 15) is 8.78 Å². The Bertz CT molecular complexity index is 334. The fraction of sp³-hybridized carbons (Fsp3) is 0.455. The van der Waals surface area contributed by atoms with Crippen LogP contribution in [0.4, 0.5) is 8.78 Å². The van der Waals surface area contributed by atoms with Crippen LogP contribution in [-0.2, 0) is 0 Å². The summed E-state index contributed by atoms with van der Waals surface area (Å²) in [5.41, 5.74) is 5.53. The van der Waals surface area contributed by atoms with Gasteiger partial charge in [-0.3, -0.25) is 0 Å². The lowest BCUT2D eigenvalue weighted by Gasteiger charge is -2.13. The summed E-state index contributed by atoms with van der Waals surface area (Å²) in [5, 5.41) is 0. The molecule has 76 valence electrons. The third-order valence-electron chi connectivity index (χ3n) is 2.72. The minimum Gasteiger partial charge on any atom is -0.325 e. The Morgan fingerprint density at radius 3 is 2.57 bits per heavy atom. The average molecular weight is 197 g/mol. The van der Waals surface area contributed by atoms with Gasteiger partial charge >= 0.3 is 0 Å². The minimum atomic E-state index is -1.27. The summed E-state index contributed by atoms with van der Waals surface area (Å²) in [6.07, 6.45) is 0.654. The van der Waals surface area contributed by atoms with Gasteiger partial charge in [-0.2, -0.15) is 0 Å². The number of benzene rings is 1. The Balaban J connectivity index is 2.10. The van der Waals surface area contributed by atoms with Crippen molar-refractivity contribution < 1.29 is 8.78 Å². The summed E-state index contributed by atoms with van der Waals surface area (Å²) >= 11 is 0. The molecule has 0 saturated heterocycles. The van der Waals surface area contributed by atoms with E-state index >= 15 is 0 Å². The zero-order chi connectivity index (χ0) is 10.2. The lowest BCUT2D eigenvalue weighted by Crippen LogP contribution is -2.23. The minimum absolute atomic E-state index is 0.129. The smallest absolute Gasteiger partial charge is 0.130 e. The third-order valence-corrected chi connectivity index (χ3v) is 2.72. The van der Waals surface area contributed by atoms with Gasteiger partial charge in [0.2, 0.25) is 0 Å². The van der Waals surface area contributed by atoms with Crippen LogP contribution in [0.1, 0.15) is 31.0 Å². The standard InChI is InChI=1S/C11H13F2N/c12-9-4-2-1-3-8(9)10(13)7-11(14)5-6-11/h1-4,10H,5-7,14H2. The molecule has 0 aliphatic heterocycles. The molecular weight excluding hydrogens is 184 g/mol. The predicted molar refractivity (Wildman–Crippen MR) is 51.0 cm³/mol. The summed E-state index contributed by atoms with van der Waals surface area (Å²) in [6.45, 7) is 0. The van der Waals surface area contributed by atoms with Crippen molar-refractivity contribution in [2.75, 3.05) is 0 Å². The number of alkyl halides is 1. The van der Waals surface area contributed by atoms with Crippen molar-refractivity contribution in [3.63, 3.8) is 0 Å². The van der Waals surface area contributed by atoms with Gasteiger partial charge < -0.3 is 5.73 Å². The van der Waals surface area contributed by atoms with Crippen molar-refractivity contribution in [2.45, 2.75) is 31.0 Å². The Labute approximate surface area is 81.9 Å². The molecule has 0 aromatic heterocycles. The maximum Gasteiger partial charge on any atom is 0.130 e. The van der Waals surface area contributed by atoms with Crippen LogP contribution in [0.3, 0.4) is 0 Å². The molecule has 1 nitrogen and oxygen atoms in total. The molecule has 14 heavy (non-hydrogen) atoms. The molecule has 1 atom stereocenters. The molecule has 0 radical (unpaired) electrons. The van der Waals surface area contributed by atoms with Crippen LogP contribution in [0.2, 0.25) is 0 Å². The van der Waals surface area contributed by atoms with Crippen LogP contribution >= 0.6 is 0 Å². The van der Waals surface area contributed by atoms with Gasteiger partial charge in [-0.1, -0.05) is 18.2 Å². The SMILES string of the molecule is NC1(CC(F)c2ccccc2F)CC1. The van der Waals surface area contributed by atoms with Crippen molar-refractivity contribution in [3.05, 3.63) is 35.6 Å². The molecule has 1 aromatic rings. The Morgan fingerprint density at radius 1 is 1.36 bits per heavy atom. The first-order chi connectivity index (χ1) is 6.61. The summed E-state index contributed by atoms with van der Waals surface area (Å²) in [4.78, 5) is 0. The second kappa shape index (κ2) is 3.31. The predicted octanol–water partition coefficient (Wildman–Crippen LogP) is 2.72. The van der Waals surface area contributed by atoms with Gasteiger partial charge in [0.1, 0.15) is 12.0 Å². The van der Waals surface area contributed by atoms with E-state index in [0.717, 1.165) is 12.8 Å². The van der Waals surface area contributed by atoms with E-state index < -0.39 is 12.0 Å². The van der Waals surface area contributed by atoms with E-state index in [0.29, 0.717) is 0 Å². The molecule has 1 aromatic carbocycles. The zero-order valence-corrected chi connectivity index (χ0v) is 7.84. The molecule has 0 amide bonds. The zero-order valence-electron chi connectivity index (χ0n) is 7.84. The van der Waals surface area contributed by atoms with Crippen LogP contribution < -0.4 is 5.73 Å². The first-order valence-corrected chi connectivity index (χ1v) is 4.78. The van der Waals surface area contributed by atoms with Crippen LogP contribution in [0, 0.1) is 5.82 Å². The van der Waals surface area contributed by atoms with Gasteiger partial charge in [0.05, 0.1) is 0 Å². The molecule has 0 heterocycles. The Hall–Kier alpha value is -0.960. The number of halogens is 2.